The normalized spacial score (nSPS) is 21.1. The molecule has 0 N–H and O–H groups in total. The van der Waals surface area contributed by atoms with Gasteiger partial charge in [0.2, 0.25) is 5.91 Å². The first-order valence-electron chi connectivity index (χ1n) is 10.4. The van der Waals surface area contributed by atoms with Crippen LogP contribution in [-0.4, -0.2) is 60.0 Å². The van der Waals surface area contributed by atoms with Crippen LogP contribution in [0.3, 0.4) is 0 Å². The molecule has 0 unspecified atom stereocenters. The van der Waals surface area contributed by atoms with Gasteiger partial charge < -0.3 is 4.90 Å². The Morgan fingerprint density at radius 1 is 1.04 bits per heavy atom. The summed E-state index contributed by atoms with van der Waals surface area (Å²) in [5.41, 5.74) is 1.48. The van der Waals surface area contributed by atoms with E-state index < -0.39 is 0 Å². The summed E-state index contributed by atoms with van der Waals surface area (Å²) in [4.78, 5) is 41.0. The van der Waals surface area contributed by atoms with E-state index >= 15 is 0 Å². The number of benzene rings is 1. The number of nitrogens with zero attached hydrogens (tertiary/aromatic N) is 2. The summed E-state index contributed by atoms with van der Waals surface area (Å²) >= 11 is 0. The van der Waals surface area contributed by atoms with Crippen LogP contribution in [0.1, 0.15) is 50.5 Å². The van der Waals surface area contributed by atoms with Crippen molar-refractivity contribution in [2.75, 3.05) is 32.7 Å². The van der Waals surface area contributed by atoms with E-state index in [9.17, 15) is 14.4 Å². The third kappa shape index (κ3) is 5.16. The fourth-order valence-electron chi connectivity index (χ4n) is 4.09. The van der Waals surface area contributed by atoms with Gasteiger partial charge in [-0.1, -0.05) is 43.3 Å². The third-order valence-electron chi connectivity index (χ3n) is 5.79. The van der Waals surface area contributed by atoms with Gasteiger partial charge >= 0.3 is 0 Å². The molecular formula is C23H30N2O3. The van der Waals surface area contributed by atoms with Crippen molar-refractivity contribution in [3.63, 3.8) is 0 Å². The molecule has 1 saturated carbocycles. The van der Waals surface area contributed by atoms with Crippen LogP contribution in [0.15, 0.2) is 42.0 Å². The number of ketones is 2. The molecule has 0 bridgehead atoms. The lowest BCUT2D eigenvalue weighted by Gasteiger charge is -2.34. The second kappa shape index (κ2) is 9.78. The second-order valence-corrected chi connectivity index (χ2v) is 7.70. The molecule has 1 aliphatic heterocycles. The number of rotatable bonds is 6. The summed E-state index contributed by atoms with van der Waals surface area (Å²) in [6.45, 7) is 6.24. The van der Waals surface area contributed by atoms with Gasteiger partial charge in [-0.3, -0.25) is 19.3 Å². The maximum atomic E-state index is 12.5. The van der Waals surface area contributed by atoms with E-state index in [1.807, 2.05) is 48.2 Å². The Bertz CT molecular complexity index is 713. The van der Waals surface area contributed by atoms with Gasteiger partial charge in [-0.25, -0.2) is 0 Å². The highest BCUT2D eigenvalue weighted by Crippen LogP contribution is 2.31. The van der Waals surface area contributed by atoms with Gasteiger partial charge in [-0.15, -0.1) is 0 Å². The molecule has 150 valence electrons. The van der Waals surface area contributed by atoms with Crippen LogP contribution in [0.2, 0.25) is 0 Å². The molecule has 5 nitrogen and oxygen atoms in total. The predicted octanol–water partition coefficient (Wildman–Crippen LogP) is 2.96. The number of unbranched alkanes of at least 4 members (excludes halogenated alkanes) is 1. The second-order valence-electron chi connectivity index (χ2n) is 7.70. The number of Topliss-reactive ketones (excluding diaryl/α,β-unsaturated/α-hetero) is 2. The van der Waals surface area contributed by atoms with Crippen LogP contribution in [0.5, 0.6) is 0 Å². The van der Waals surface area contributed by atoms with E-state index in [0.717, 1.165) is 51.1 Å². The number of hydrogen-bond donors (Lipinski definition) is 0. The van der Waals surface area contributed by atoms with Crippen molar-refractivity contribution >= 4 is 17.5 Å². The lowest BCUT2D eigenvalue weighted by Crippen LogP contribution is -2.48. The molecule has 1 aliphatic carbocycles. The molecule has 2 aliphatic rings. The maximum Gasteiger partial charge on any atom is 0.222 e. The van der Waals surface area contributed by atoms with Crippen molar-refractivity contribution in [2.45, 2.75) is 44.9 Å². The quantitative estimate of drug-likeness (QED) is 0.431. The lowest BCUT2D eigenvalue weighted by atomic mass is 9.79. The first-order valence-corrected chi connectivity index (χ1v) is 10.4. The van der Waals surface area contributed by atoms with Gasteiger partial charge in [0, 0.05) is 45.4 Å². The van der Waals surface area contributed by atoms with Gasteiger partial charge in [0.25, 0.3) is 0 Å². The molecule has 5 heteroatoms. The summed E-state index contributed by atoms with van der Waals surface area (Å²) in [5, 5.41) is 0. The molecule has 1 amide bonds. The molecular weight excluding hydrogens is 352 g/mol. The molecule has 1 aromatic carbocycles. The number of allylic oxidation sites excluding steroid dienone is 2. The smallest absolute Gasteiger partial charge is 0.222 e. The van der Waals surface area contributed by atoms with Crippen molar-refractivity contribution in [3.8, 4) is 0 Å². The third-order valence-corrected chi connectivity index (χ3v) is 5.79. The zero-order chi connectivity index (χ0) is 19.9. The van der Waals surface area contributed by atoms with Crippen LogP contribution < -0.4 is 0 Å². The van der Waals surface area contributed by atoms with E-state index in [2.05, 4.69) is 4.90 Å². The van der Waals surface area contributed by atoms with Crippen molar-refractivity contribution in [2.24, 2.45) is 0 Å². The SMILES string of the molecule is CCC(=O)N1CCN(CCCC=C2C(=O)CC(c3ccccc3)CC2=O)CC1. The van der Waals surface area contributed by atoms with Crippen LogP contribution in [0.25, 0.3) is 0 Å². The fourth-order valence-corrected chi connectivity index (χ4v) is 4.09. The van der Waals surface area contributed by atoms with Gasteiger partial charge in [0.15, 0.2) is 11.6 Å². The van der Waals surface area contributed by atoms with Crippen molar-refractivity contribution in [1.29, 1.82) is 0 Å². The van der Waals surface area contributed by atoms with Crippen molar-refractivity contribution < 1.29 is 14.4 Å². The molecule has 1 heterocycles. The van der Waals surface area contributed by atoms with Crippen molar-refractivity contribution in [1.82, 2.24) is 9.80 Å². The Kier molecular flexibility index (Phi) is 7.15. The number of carbonyl (C=O) groups excluding carboxylic acids is 3. The molecule has 1 saturated heterocycles. The first-order chi connectivity index (χ1) is 13.6. The summed E-state index contributed by atoms with van der Waals surface area (Å²) in [7, 11) is 0. The summed E-state index contributed by atoms with van der Waals surface area (Å²) in [6, 6.07) is 9.84. The number of piperazine rings is 1. The Balaban J connectivity index is 1.43. The average Bonchev–Trinajstić information content (AvgIpc) is 2.73. The van der Waals surface area contributed by atoms with Gasteiger partial charge in [0.1, 0.15) is 0 Å². The van der Waals surface area contributed by atoms with Gasteiger partial charge in [-0.2, -0.15) is 0 Å². The minimum absolute atomic E-state index is 0.0143. The van der Waals surface area contributed by atoms with E-state index in [0.29, 0.717) is 24.8 Å². The summed E-state index contributed by atoms with van der Waals surface area (Å²) in [5.74, 6) is 0.210. The largest absolute Gasteiger partial charge is 0.340 e. The maximum absolute atomic E-state index is 12.5. The Labute approximate surface area is 167 Å². The monoisotopic (exact) mass is 382 g/mol. The lowest BCUT2D eigenvalue weighted by molar-refractivity contribution is -0.132. The molecule has 1 aromatic rings. The van der Waals surface area contributed by atoms with Crippen LogP contribution in [0.4, 0.5) is 0 Å². The summed E-state index contributed by atoms with van der Waals surface area (Å²) < 4.78 is 0. The Morgan fingerprint density at radius 3 is 2.29 bits per heavy atom. The molecule has 3 rings (SSSR count). The van der Waals surface area contributed by atoms with E-state index in [1.165, 1.54) is 0 Å². The van der Waals surface area contributed by atoms with Crippen LogP contribution in [0, 0.1) is 0 Å². The zero-order valence-electron chi connectivity index (χ0n) is 16.7. The number of hydrogen-bond acceptors (Lipinski definition) is 4. The molecule has 0 spiro atoms. The molecule has 0 radical (unpaired) electrons. The molecule has 0 aromatic heterocycles. The van der Waals surface area contributed by atoms with E-state index in [-0.39, 0.29) is 23.4 Å². The van der Waals surface area contributed by atoms with Gasteiger partial charge in [0.05, 0.1) is 5.57 Å². The topological polar surface area (TPSA) is 57.7 Å². The summed E-state index contributed by atoms with van der Waals surface area (Å²) in [6.07, 6.45) is 4.94. The Morgan fingerprint density at radius 2 is 1.68 bits per heavy atom. The number of carbonyl (C=O) groups is 3. The number of amides is 1. The minimum Gasteiger partial charge on any atom is -0.340 e. The Hall–Kier alpha value is -2.27. The van der Waals surface area contributed by atoms with Crippen LogP contribution in [-0.2, 0) is 14.4 Å². The van der Waals surface area contributed by atoms with Gasteiger partial charge in [-0.05, 0) is 30.9 Å². The standard InChI is InChI=1S/C23H30N2O3/c1-2-23(28)25-14-12-24(13-15-25)11-7-6-10-20-21(26)16-19(17-22(20)27)18-8-4-3-5-9-18/h3-5,8-10,19H,2,6-7,11-17H2,1H3. The van der Waals surface area contributed by atoms with E-state index in [4.69, 9.17) is 0 Å². The zero-order valence-corrected chi connectivity index (χ0v) is 16.7. The molecule has 0 atom stereocenters. The molecule has 2 fully saturated rings. The van der Waals surface area contributed by atoms with E-state index in [1.54, 1.807) is 0 Å². The molecule has 28 heavy (non-hydrogen) atoms. The van der Waals surface area contributed by atoms with Crippen molar-refractivity contribution in [3.05, 3.63) is 47.5 Å². The minimum atomic E-state index is -0.0169. The highest BCUT2D eigenvalue weighted by atomic mass is 16.2. The fraction of sp³-hybridized carbons (Fsp3) is 0.522. The van der Waals surface area contributed by atoms with Crippen LogP contribution >= 0.6 is 0 Å². The highest BCUT2D eigenvalue weighted by Gasteiger charge is 2.30. The average molecular weight is 383 g/mol. The first kappa shape index (κ1) is 20.5. The highest BCUT2D eigenvalue weighted by molar-refractivity contribution is 6.22. The predicted molar refractivity (Wildman–Crippen MR) is 109 cm³/mol.